The van der Waals surface area contributed by atoms with Crippen molar-refractivity contribution in [2.24, 2.45) is 0 Å². The highest BCUT2D eigenvalue weighted by Crippen LogP contribution is 2.33. The highest BCUT2D eigenvalue weighted by molar-refractivity contribution is 5.80. The average molecular weight is 308 g/mol. The lowest BCUT2D eigenvalue weighted by atomic mass is 10.2. The number of ether oxygens (including phenoxy) is 4. The quantitative estimate of drug-likeness (QED) is 0.667. The van der Waals surface area contributed by atoms with Gasteiger partial charge in [-0.2, -0.15) is 0 Å². The van der Waals surface area contributed by atoms with Crippen LogP contribution in [0, 0.1) is 0 Å². The minimum atomic E-state index is 0.331. The summed E-state index contributed by atoms with van der Waals surface area (Å²) in [5.74, 6) is 1.37. The van der Waals surface area contributed by atoms with Crippen molar-refractivity contribution in [3.63, 3.8) is 0 Å². The van der Waals surface area contributed by atoms with Gasteiger partial charge in [0.25, 0.3) is 0 Å². The molecule has 6 nitrogen and oxygen atoms in total. The first-order valence-electron chi connectivity index (χ1n) is 7.41. The second-order valence-electron chi connectivity index (χ2n) is 5.22. The summed E-state index contributed by atoms with van der Waals surface area (Å²) in [6.07, 6.45) is 1.84. The largest absolute Gasteiger partial charge is 0.487 e. The molecule has 2 rings (SSSR count). The smallest absolute Gasteiger partial charge is 0.163 e. The number of rotatable bonds is 9. The van der Waals surface area contributed by atoms with E-state index in [4.69, 9.17) is 18.9 Å². The molecule has 6 heteroatoms. The van der Waals surface area contributed by atoms with E-state index in [1.165, 1.54) is 0 Å². The van der Waals surface area contributed by atoms with E-state index in [1.807, 2.05) is 18.5 Å². The Morgan fingerprint density at radius 2 is 1.55 bits per heavy atom. The topological polar surface area (TPSA) is 54.7 Å². The number of hydrogen-bond acceptors (Lipinski definition) is 5. The Hall–Kier alpha value is -1.79. The van der Waals surface area contributed by atoms with E-state index in [0.717, 1.165) is 11.0 Å². The van der Waals surface area contributed by atoms with Crippen molar-refractivity contribution in [1.82, 2.24) is 9.55 Å². The standard InChI is InChI=1S/C16H24N2O4/c1-12(2)18-11-17-13-9-15(21-7-5-19-3)16(10-14(13)18)22-8-6-20-4/h9-12H,5-8H2,1-4H3. The molecule has 2 aromatic rings. The molecule has 0 spiro atoms. The highest BCUT2D eigenvalue weighted by Gasteiger charge is 2.13. The van der Waals surface area contributed by atoms with Crippen LogP contribution < -0.4 is 9.47 Å². The first kappa shape index (κ1) is 16.6. The van der Waals surface area contributed by atoms with Crippen molar-refractivity contribution in [3.05, 3.63) is 18.5 Å². The van der Waals surface area contributed by atoms with Crippen molar-refractivity contribution >= 4 is 11.0 Å². The summed E-state index contributed by atoms with van der Waals surface area (Å²) in [7, 11) is 3.29. The maximum Gasteiger partial charge on any atom is 0.163 e. The summed E-state index contributed by atoms with van der Waals surface area (Å²) in [6.45, 7) is 6.23. The van der Waals surface area contributed by atoms with Crippen LogP contribution in [0.1, 0.15) is 19.9 Å². The van der Waals surface area contributed by atoms with Gasteiger partial charge in [0.2, 0.25) is 0 Å². The van der Waals surface area contributed by atoms with Gasteiger partial charge in [-0.05, 0) is 13.8 Å². The molecule has 1 heterocycles. The van der Waals surface area contributed by atoms with Crippen molar-refractivity contribution < 1.29 is 18.9 Å². The highest BCUT2D eigenvalue weighted by atomic mass is 16.5. The van der Waals surface area contributed by atoms with Crippen LogP contribution in [-0.2, 0) is 9.47 Å². The molecule has 0 bridgehead atoms. The fraction of sp³-hybridized carbons (Fsp3) is 0.562. The predicted molar refractivity (Wildman–Crippen MR) is 84.9 cm³/mol. The number of imidazole rings is 1. The van der Waals surface area contributed by atoms with Crippen molar-refractivity contribution in [2.45, 2.75) is 19.9 Å². The lowest BCUT2D eigenvalue weighted by Gasteiger charge is -2.14. The summed E-state index contributed by atoms with van der Waals surface area (Å²) >= 11 is 0. The van der Waals surface area contributed by atoms with E-state index in [0.29, 0.717) is 44.0 Å². The maximum absolute atomic E-state index is 5.79. The van der Waals surface area contributed by atoms with Crippen LogP contribution in [0.15, 0.2) is 18.5 Å². The molecule has 1 aromatic heterocycles. The van der Waals surface area contributed by atoms with Crippen LogP contribution in [0.2, 0.25) is 0 Å². The van der Waals surface area contributed by atoms with Crippen LogP contribution >= 0.6 is 0 Å². The fourth-order valence-corrected chi connectivity index (χ4v) is 2.14. The number of methoxy groups -OCH3 is 2. The molecular weight excluding hydrogens is 284 g/mol. The van der Waals surface area contributed by atoms with Gasteiger partial charge in [0.05, 0.1) is 30.6 Å². The molecule has 0 saturated carbocycles. The molecular formula is C16H24N2O4. The van der Waals surface area contributed by atoms with Crippen LogP contribution in [-0.4, -0.2) is 50.2 Å². The lowest BCUT2D eigenvalue weighted by Crippen LogP contribution is -2.09. The Kier molecular flexibility index (Phi) is 6.03. The minimum Gasteiger partial charge on any atom is -0.487 e. The third kappa shape index (κ3) is 3.90. The van der Waals surface area contributed by atoms with Gasteiger partial charge in [-0.1, -0.05) is 0 Å². The monoisotopic (exact) mass is 308 g/mol. The van der Waals surface area contributed by atoms with Crippen LogP contribution in [0.25, 0.3) is 11.0 Å². The van der Waals surface area contributed by atoms with Crippen LogP contribution in [0.5, 0.6) is 11.5 Å². The van der Waals surface area contributed by atoms with E-state index in [2.05, 4.69) is 23.4 Å². The van der Waals surface area contributed by atoms with Crippen LogP contribution in [0.4, 0.5) is 0 Å². The lowest BCUT2D eigenvalue weighted by molar-refractivity contribution is 0.132. The van der Waals surface area contributed by atoms with Crippen molar-refractivity contribution in [3.8, 4) is 11.5 Å². The minimum absolute atomic E-state index is 0.331. The fourth-order valence-electron chi connectivity index (χ4n) is 2.14. The zero-order valence-electron chi connectivity index (χ0n) is 13.7. The van der Waals surface area contributed by atoms with E-state index >= 15 is 0 Å². The summed E-state index contributed by atoms with van der Waals surface area (Å²) in [5, 5.41) is 0. The zero-order valence-corrected chi connectivity index (χ0v) is 13.7. The van der Waals surface area contributed by atoms with Gasteiger partial charge in [0.15, 0.2) is 11.5 Å². The Morgan fingerprint density at radius 1 is 0.955 bits per heavy atom. The molecule has 1 aromatic carbocycles. The van der Waals surface area contributed by atoms with Crippen LogP contribution in [0.3, 0.4) is 0 Å². The molecule has 0 atom stereocenters. The van der Waals surface area contributed by atoms with Gasteiger partial charge in [-0.15, -0.1) is 0 Å². The number of hydrogen-bond donors (Lipinski definition) is 0. The van der Waals surface area contributed by atoms with Crippen molar-refractivity contribution in [2.75, 3.05) is 40.6 Å². The van der Waals surface area contributed by atoms with Gasteiger partial charge < -0.3 is 23.5 Å². The Morgan fingerprint density at radius 3 is 2.09 bits per heavy atom. The van der Waals surface area contributed by atoms with E-state index in [1.54, 1.807) is 14.2 Å². The van der Waals surface area contributed by atoms with E-state index < -0.39 is 0 Å². The molecule has 0 radical (unpaired) electrons. The number of benzene rings is 1. The van der Waals surface area contributed by atoms with Gasteiger partial charge in [0.1, 0.15) is 13.2 Å². The van der Waals surface area contributed by atoms with Gasteiger partial charge in [0, 0.05) is 32.4 Å². The predicted octanol–water partition coefficient (Wildman–Crippen LogP) is 2.67. The molecule has 0 saturated heterocycles. The van der Waals surface area contributed by atoms with E-state index in [-0.39, 0.29) is 0 Å². The Bertz CT molecular complexity index is 595. The molecule has 0 aliphatic rings. The number of aromatic nitrogens is 2. The summed E-state index contributed by atoms with van der Waals surface area (Å²) in [4.78, 5) is 4.44. The summed E-state index contributed by atoms with van der Waals surface area (Å²) < 4.78 is 23.7. The van der Waals surface area contributed by atoms with E-state index in [9.17, 15) is 0 Å². The zero-order chi connectivity index (χ0) is 15.9. The SMILES string of the molecule is COCCOc1cc2ncn(C(C)C)c2cc1OCCOC. The second-order valence-corrected chi connectivity index (χ2v) is 5.22. The maximum atomic E-state index is 5.79. The Labute approximate surface area is 130 Å². The summed E-state index contributed by atoms with van der Waals surface area (Å²) in [6, 6.07) is 4.21. The molecule has 0 fully saturated rings. The van der Waals surface area contributed by atoms with Gasteiger partial charge >= 0.3 is 0 Å². The molecule has 0 N–H and O–H groups in total. The third-order valence-electron chi connectivity index (χ3n) is 3.29. The first-order valence-corrected chi connectivity index (χ1v) is 7.41. The van der Waals surface area contributed by atoms with Gasteiger partial charge in [-0.25, -0.2) is 4.98 Å². The molecule has 22 heavy (non-hydrogen) atoms. The molecule has 122 valence electrons. The molecule has 0 amide bonds. The normalized spacial score (nSPS) is 11.3. The molecule has 0 aliphatic heterocycles. The second kappa shape index (κ2) is 8.00. The number of fused-ring (bicyclic) bond motifs is 1. The number of nitrogens with zero attached hydrogens (tertiary/aromatic N) is 2. The summed E-state index contributed by atoms with van der Waals surface area (Å²) in [5.41, 5.74) is 1.92. The Balaban J connectivity index is 2.30. The molecule has 0 aliphatic carbocycles. The first-order chi connectivity index (χ1) is 10.7. The van der Waals surface area contributed by atoms with Gasteiger partial charge in [-0.3, -0.25) is 0 Å². The third-order valence-corrected chi connectivity index (χ3v) is 3.29. The average Bonchev–Trinajstić information content (AvgIpc) is 2.90. The molecule has 0 unspecified atom stereocenters. The van der Waals surface area contributed by atoms with Crippen molar-refractivity contribution in [1.29, 1.82) is 0 Å².